The Labute approximate surface area is 174 Å². The van der Waals surface area contributed by atoms with Crippen molar-refractivity contribution in [2.24, 2.45) is 0 Å². The first-order valence-corrected chi connectivity index (χ1v) is 9.60. The summed E-state index contributed by atoms with van der Waals surface area (Å²) in [5, 5.41) is 7.74. The molecule has 2 aromatic carbocycles. The number of benzene rings is 2. The molecule has 0 bridgehead atoms. The van der Waals surface area contributed by atoms with Crippen molar-refractivity contribution in [2.75, 3.05) is 0 Å². The summed E-state index contributed by atoms with van der Waals surface area (Å²) >= 11 is 6.09. The fourth-order valence-electron chi connectivity index (χ4n) is 3.00. The molecule has 1 heterocycles. The van der Waals surface area contributed by atoms with Crippen molar-refractivity contribution >= 4 is 23.5 Å². The first kappa shape index (κ1) is 20.6. The first-order valence-electron chi connectivity index (χ1n) is 9.22. The third kappa shape index (κ3) is 4.66. The highest BCUT2D eigenvalue weighted by Gasteiger charge is 2.25. The second kappa shape index (κ2) is 8.92. The standard InChI is InChI=1S/C22H22ClN3O3/c1-14-20(15(2)26(25-14)18-10-5-4-6-11-18)22(28)29-16(3)21(27)24-13-17-9-7-8-12-19(17)23/h4-12,16H,13H2,1-3H3,(H,24,27)/t16-/m0/s1. The van der Waals surface area contributed by atoms with E-state index < -0.39 is 18.0 Å². The Hall–Kier alpha value is -3.12. The molecule has 1 aromatic heterocycles. The van der Waals surface area contributed by atoms with Crippen molar-refractivity contribution in [3.05, 3.63) is 82.1 Å². The minimum Gasteiger partial charge on any atom is -0.449 e. The van der Waals surface area contributed by atoms with E-state index in [4.69, 9.17) is 16.3 Å². The third-order valence-corrected chi connectivity index (χ3v) is 4.93. The van der Waals surface area contributed by atoms with Crippen LogP contribution in [0.15, 0.2) is 54.6 Å². The Kier molecular flexibility index (Phi) is 6.34. The zero-order valence-corrected chi connectivity index (χ0v) is 17.2. The fourth-order valence-corrected chi connectivity index (χ4v) is 3.20. The molecule has 3 rings (SSSR count). The van der Waals surface area contributed by atoms with Gasteiger partial charge in [0.05, 0.1) is 17.1 Å². The number of esters is 1. The Morgan fingerprint density at radius 1 is 1.10 bits per heavy atom. The molecule has 7 heteroatoms. The molecule has 0 aliphatic heterocycles. The normalized spacial score (nSPS) is 11.7. The molecule has 29 heavy (non-hydrogen) atoms. The lowest BCUT2D eigenvalue weighted by atomic mass is 10.2. The van der Waals surface area contributed by atoms with E-state index in [1.54, 1.807) is 24.6 Å². The number of halogens is 1. The van der Waals surface area contributed by atoms with Gasteiger partial charge in [-0.05, 0) is 44.5 Å². The molecule has 1 N–H and O–H groups in total. The van der Waals surface area contributed by atoms with Gasteiger partial charge in [0, 0.05) is 11.6 Å². The highest BCUT2D eigenvalue weighted by atomic mass is 35.5. The maximum absolute atomic E-state index is 12.7. The maximum Gasteiger partial charge on any atom is 0.342 e. The highest BCUT2D eigenvalue weighted by molar-refractivity contribution is 6.31. The van der Waals surface area contributed by atoms with Crippen LogP contribution >= 0.6 is 11.6 Å². The molecule has 0 aliphatic rings. The molecule has 1 atom stereocenters. The quantitative estimate of drug-likeness (QED) is 0.622. The molecule has 0 radical (unpaired) electrons. The number of hydrogen-bond donors (Lipinski definition) is 1. The number of amides is 1. The van der Waals surface area contributed by atoms with Crippen LogP contribution in [-0.4, -0.2) is 27.8 Å². The number of carbonyl (C=O) groups is 2. The van der Waals surface area contributed by atoms with Gasteiger partial charge in [0.2, 0.25) is 0 Å². The van der Waals surface area contributed by atoms with Gasteiger partial charge in [-0.25, -0.2) is 9.48 Å². The smallest absolute Gasteiger partial charge is 0.342 e. The predicted octanol–water partition coefficient (Wildman–Crippen LogP) is 4.00. The van der Waals surface area contributed by atoms with Crippen molar-refractivity contribution in [3.8, 4) is 5.69 Å². The average Bonchev–Trinajstić information content (AvgIpc) is 3.01. The average molecular weight is 412 g/mol. The van der Waals surface area contributed by atoms with Gasteiger partial charge in [0.1, 0.15) is 5.56 Å². The van der Waals surface area contributed by atoms with Gasteiger partial charge in [-0.2, -0.15) is 5.10 Å². The molecule has 0 fully saturated rings. The molecule has 3 aromatic rings. The maximum atomic E-state index is 12.7. The molecule has 150 valence electrons. The Balaban J connectivity index is 1.67. The van der Waals surface area contributed by atoms with Gasteiger partial charge in [0.15, 0.2) is 6.10 Å². The van der Waals surface area contributed by atoms with Crippen LogP contribution in [0.4, 0.5) is 0 Å². The lowest BCUT2D eigenvalue weighted by Gasteiger charge is -2.14. The van der Waals surface area contributed by atoms with Crippen LogP contribution in [0.25, 0.3) is 5.69 Å². The molecule has 1 amide bonds. The molecular weight excluding hydrogens is 390 g/mol. The summed E-state index contributed by atoms with van der Waals surface area (Å²) in [5.74, 6) is -0.980. The second-order valence-electron chi connectivity index (χ2n) is 6.65. The number of carbonyl (C=O) groups excluding carboxylic acids is 2. The van der Waals surface area contributed by atoms with Gasteiger partial charge in [-0.1, -0.05) is 48.0 Å². The van der Waals surface area contributed by atoms with Crippen LogP contribution in [0.2, 0.25) is 5.02 Å². The van der Waals surface area contributed by atoms with Crippen molar-refractivity contribution in [3.63, 3.8) is 0 Å². The molecular formula is C22H22ClN3O3. The topological polar surface area (TPSA) is 73.2 Å². The zero-order valence-electron chi connectivity index (χ0n) is 16.5. The van der Waals surface area contributed by atoms with Gasteiger partial charge in [-0.15, -0.1) is 0 Å². The summed E-state index contributed by atoms with van der Waals surface area (Å²) in [7, 11) is 0. The van der Waals surface area contributed by atoms with Crippen LogP contribution < -0.4 is 5.32 Å². The van der Waals surface area contributed by atoms with Crippen molar-refractivity contribution in [1.82, 2.24) is 15.1 Å². The number of nitrogens with zero attached hydrogens (tertiary/aromatic N) is 2. The van der Waals surface area contributed by atoms with Crippen molar-refractivity contribution in [2.45, 2.75) is 33.4 Å². The van der Waals surface area contributed by atoms with E-state index in [1.165, 1.54) is 6.92 Å². The number of para-hydroxylation sites is 1. The van der Waals surface area contributed by atoms with E-state index in [0.29, 0.717) is 22.0 Å². The number of ether oxygens (including phenoxy) is 1. The van der Waals surface area contributed by atoms with Crippen LogP contribution in [-0.2, 0) is 16.1 Å². The van der Waals surface area contributed by atoms with E-state index in [0.717, 1.165) is 11.3 Å². The molecule has 0 spiro atoms. The van der Waals surface area contributed by atoms with E-state index in [9.17, 15) is 9.59 Å². The highest BCUT2D eigenvalue weighted by Crippen LogP contribution is 2.19. The van der Waals surface area contributed by atoms with Crippen LogP contribution in [0.1, 0.15) is 34.2 Å². The minimum atomic E-state index is -0.955. The van der Waals surface area contributed by atoms with Gasteiger partial charge >= 0.3 is 5.97 Å². The predicted molar refractivity (Wildman–Crippen MR) is 111 cm³/mol. The van der Waals surface area contributed by atoms with E-state index in [2.05, 4.69) is 10.4 Å². The Bertz CT molecular complexity index is 1030. The number of nitrogens with one attached hydrogen (secondary N) is 1. The third-order valence-electron chi connectivity index (χ3n) is 4.56. The molecule has 0 aliphatic carbocycles. The van der Waals surface area contributed by atoms with Crippen molar-refractivity contribution < 1.29 is 14.3 Å². The molecule has 0 saturated carbocycles. The minimum absolute atomic E-state index is 0.254. The van der Waals surface area contributed by atoms with Crippen LogP contribution in [0.3, 0.4) is 0 Å². The summed E-state index contributed by atoms with van der Waals surface area (Å²) < 4.78 is 7.08. The number of aryl methyl sites for hydroxylation is 1. The molecule has 0 saturated heterocycles. The lowest BCUT2D eigenvalue weighted by molar-refractivity contribution is -0.129. The monoisotopic (exact) mass is 411 g/mol. The first-order chi connectivity index (χ1) is 13.9. The summed E-state index contributed by atoms with van der Waals surface area (Å²) in [4.78, 5) is 25.0. The Morgan fingerprint density at radius 2 is 1.76 bits per heavy atom. The van der Waals surface area contributed by atoms with Gasteiger partial charge in [0.25, 0.3) is 5.91 Å². The SMILES string of the molecule is Cc1nn(-c2ccccc2)c(C)c1C(=O)O[C@@H](C)C(=O)NCc1ccccc1Cl. The van der Waals surface area contributed by atoms with Crippen molar-refractivity contribution in [1.29, 1.82) is 0 Å². The van der Waals surface area contributed by atoms with Crippen LogP contribution in [0, 0.1) is 13.8 Å². The largest absolute Gasteiger partial charge is 0.449 e. The van der Waals surface area contributed by atoms with E-state index >= 15 is 0 Å². The summed E-state index contributed by atoms with van der Waals surface area (Å²) in [6.07, 6.45) is -0.955. The Morgan fingerprint density at radius 3 is 2.45 bits per heavy atom. The van der Waals surface area contributed by atoms with Crippen LogP contribution in [0.5, 0.6) is 0 Å². The molecule has 6 nitrogen and oxygen atoms in total. The number of hydrogen-bond acceptors (Lipinski definition) is 4. The van der Waals surface area contributed by atoms with Gasteiger partial charge < -0.3 is 10.1 Å². The van der Waals surface area contributed by atoms with E-state index in [-0.39, 0.29) is 6.54 Å². The summed E-state index contributed by atoms with van der Waals surface area (Å²) in [5.41, 5.74) is 3.19. The summed E-state index contributed by atoms with van der Waals surface area (Å²) in [6, 6.07) is 16.7. The second-order valence-corrected chi connectivity index (χ2v) is 7.06. The lowest BCUT2D eigenvalue weighted by Crippen LogP contribution is -2.35. The fraction of sp³-hybridized carbons (Fsp3) is 0.227. The number of aromatic nitrogens is 2. The summed E-state index contributed by atoms with van der Waals surface area (Å²) in [6.45, 7) is 5.33. The van der Waals surface area contributed by atoms with Gasteiger partial charge in [-0.3, -0.25) is 4.79 Å². The molecule has 0 unspecified atom stereocenters. The van der Waals surface area contributed by atoms with E-state index in [1.807, 2.05) is 48.5 Å². The number of rotatable bonds is 6. The zero-order chi connectivity index (χ0) is 21.0.